The van der Waals surface area contributed by atoms with Gasteiger partial charge in [0.1, 0.15) is 0 Å². The second kappa shape index (κ2) is 7.85. The van der Waals surface area contributed by atoms with Gasteiger partial charge in [0.15, 0.2) is 0 Å². The Labute approximate surface area is 160 Å². The molecule has 0 N–H and O–H groups in total. The van der Waals surface area contributed by atoms with Gasteiger partial charge in [0.05, 0.1) is 0 Å². The molecule has 32 heavy (non-hydrogen) atoms. The lowest BCUT2D eigenvalue weighted by atomic mass is 10.1. The van der Waals surface area contributed by atoms with E-state index in [-0.39, 0.29) is 0 Å². The van der Waals surface area contributed by atoms with Gasteiger partial charge in [-0.2, -0.15) is 83.4 Å². The van der Waals surface area contributed by atoms with Gasteiger partial charge in [-0.25, -0.2) is 4.79 Å². The summed E-state index contributed by atoms with van der Waals surface area (Å²) in [6.45, 7) is 0. The first-order valence-corrected chi connectivity index (χ1v) is 6.47. The molecule has 0 fully saturated rings. The molecule has 0 aromatic rings. The normalized spacial score (nSPS) is 18.2. The molecule has 2 unspecified atom stereocenters. The SMILES string of the molecule is O=C(OC(C(F)(F)F)C(F)(F)C(F)(F)F)C(F)(OC(F)(F)C(F)(F)C(F)(F)F)C(F)(F)F. The Balaban J connectivity index is 6.52. The molecular formula is C10HF19O3. The first kappa shape index (κ1) is 30.1. The number of esters is 1. The molecule has 0 amide bonds. The molecule has 22 heteroatoms. The van der Waals surface area contributed by atoms with Crippen molar-refractivity contribution in [2.75, 3.05) is 0 Å². The van der Waals surface area contributed by atoms with E-state index in [0.29, 0.717) is 0 Å². The largest absolute Gasteiger partial charge is 0.462 e. The standard InChI is InChI=1S/C10HF19O3/c11-3(12,7(19,20)21)1(5(14,15)16)31-2(30)4(13,8(22,23)24)32-10(28,29)6(17,18)9(25,26)27/h1H. The highest BCUT2D eigenvalue weighted by molar-refractivity contribution is 5.79. The fraction of sp³-hybridized carbons (Fsp3) is 0.900. The smallest absolute Gasteiger partial charge is 0.441 e. The van der Waals surface area contributed by atoms with Crippen molar-refractivity contribution < 1.29 is 97.7 Å². The van der Waals surface area contributed by atoms with Crippen LogP contribution in [0.1, 0.15) is 0 Å². The van der Waals surface area contributed by atoms with Crippen LogP contribution in [0, 0.1) is 0 Å². The van der Waals surface area contributed by atoms with Crippen molar-refractivity contribution in [1.82, 2.24) is 0 Å². The van der Waals surface area contributed by atoms with Gasteiger partial charge in [0.2, 0.25) is 0 Å². The first-order valence-electron chi connectivity index (χ1n) is 6.47. The Bertz CT molecular complexity index is 681. The van der Waals surface area contributed by atoms with Crippen LogP contribution < -0.4 is 0 Å². The summed E-state index contributed by atoms with van der Waals surface area (Å²) in [6, 6.07) is 0. The van der Waals surface area contributed by atoms with E-state index in [4.69, 9.17) is 0 Å². The Hall–Kier alpha value is -1.90. The summed E-state index contributed by atoms with van der Waals surface area (Å²) in [5.74, 6) is -27.7. The third-order valence-corrected chi connectivity index (χ3v) is 2.85. The van der Waals surface area contributed by atoms with Crippen molar-refractivity contribution in [3.05, 3.63) is 0 Å². The molecule has 0 rings (SSSR count). The summed E-state index contributed by atoms with van der Waals surface area (Å²) in [7, 11) is 0. The van der Waals surface area contributed by atoms with Gasteiger partial charge in [-0.15, -0.1) is 0 Å². The van der Waals surface area contributed by atoms with Crippen LogP contribution >= 0.6 is 0 Å². The fourth-order valence-corrected chi connectivity index (χ4v) is 1.30. The summed E-state index contributed by atoms with van der Waals surface area (Å²) in [5.41, 5.74) is 0. The summed E-state index contributed by atoms with van der Waals surface area (Å²) >= 11 is 0. The van der Waals surface area contributed by atoms with Crippen LogP contribution in [0.5, 0.6) is 0 Å². The van der Waals surface area contributed by atoms with E-state index in [1.165, 1.54) is 4.74 Å². The van der Waals surface area contributed by atoms with Crippen molar-refractivity contribution in [1.29, 1.82) is 0 Å². The van der Waals surface area contributed by atoms with Gasteiger partial charge in [-0.05, 0) is 0 Å². The molecule has 0 radical (unpaired) electrons. The highest BCUT2D eigenvalue weighted by atomic mass is 19.4. The molecule has 0 aliphatic carbocycles. The van der Waals surface area contributed by atoms with Crippen molar-refractivity contribution in [3.8, 4) is 0 Å². The molecule has 0 aliphatic heterocycles. The molecule has 0 bridgehead atoms. The van der Waals surface area contributed by atoms with E-state index in [2.05, 4.69) is 0 Å². The quantitative estimate of drug-likeness (QED) is 0.327. The highest BCUT2D eigenvalue weighted by Crippen LogP contribution is 2.52. The van der Waals surface area contributed by atoms with E-state index in [9.17, 15) is 88.2 Å². The second-order valence-corrected chi connectivity index (χ2v) is 5.23. The van der Waals surface area contributed by atoms with E-state index >= 15 is 0 Å². The van der Waals surface area contributed by atoms with E-state index in [1.54, 1.807) is 0 Å². The van der Waals surface area contributed by atoms with Gasteiger partial charge in [0.25, 0.3) is 6.10 Å². The summed E-state index contributed by atoms with van der Waals surface area (Å²) in [4.78, 5) is 10.9. The lowest BCUT2D eigenvalue weighted by Gasteiger charge is -2.35. The Morgan fingerprint density at radius 3 is 1.19 bits per heavy atom. The van der Waals surface area contributed by atoms with Crippen LogP contribution in [0.2, 0.25) is 0 Å². The topological polar surface area (TPSA) is 35.5 Å². The third kappa shape index (κ3) is 5.35. The molecule has 0 saturated heterocycles. The van der Waals surface area contributed by atoms with Gasteiger partial charge in [0, 0.05) is 0 Å². The van der Waals surface area contributed by atoms with E-state index < -0.39 is 60.6 Å². The highest BCUT2D eigenvalue weighted by Gasteiger charge is 2.81. The molecule has 2 atom stereocenters. The molecule has 0 saturated carbocycles. The molecule has 0 spiro atoms. The number of carbonyl (C=O) groups excluding carboxylic acids is 1. The minimum absolute atomic E-state index is 1.39. The molecular weight excluding hydrogens is 529 g/mol. The van der Waals surface area contributed by atoms with E-state index in [1.807, 2.05) is 4.74 Å². The zero-order valence-corrected chi connectivity index (χ0v) is 13.5. The molecule has 0 aromatic heterocycles. The molecule has 0 heterocycles. The lowest BCUT2D eigenvalue weighted by molar-refractivity contribution is -0.476. The number of hydrogen-bond acceptors (Lipinski definition) is 3. The van der Waals surface area contributed by atoms with Gasteiger partial charge >= 0.3 is 54.5 Å². The average molecular weight is 530 g/mol. The monoisotopic (exact) mass is 530 g/mol. The predicted molar refractivity (Wildman–Crippen MR) is 53.9 cm³/mol. The lowest BCUT2D eigenvalue weighted by Crippen LogP contribution is -2.64. The van der Waals surface area contributed by atoms with Crippen molar-refractivity contribution in [3.63, 3.8) is 0 Å². The van der Waals surface area contributed by atoms with Crippen molar-refractivity contribution >= 4 is 5.97 Å². The summed E-state index contributed by atoms with van der Waals surface area (Å²) < 4.78 is 240. The van der Waals surface area contributed by atoms with Gasteiger partial charge in [-0.1, -0.05) is 0 Å². The first-order chi connectivity index (χ1) is 13.5. The number of alkyl halides is 19. The number of halogens is 19. The van der Waals surface area contributed by atoms with Gasteiger partial charge < -0.3 is 4.74 Å². The maximum Gasteiger partial charge on any atom is 0.462 e. The van der Waals surface area contributed by atoms with Crippen LogP contribution in [0.25, 0.3) is 0 Å². The number of rotatable bonds is 6. The molecule has 0 aliphatic rings. The average Bonchev–Trinajstić information content (AvgIpc) is 2.46. The zero-order valence-electron chi connectivity index (χ0n) is 13.5. The minimum atomic E-state index is -7.82. The number of carbonyl (C=O) groups is 1. The van der Waals surface area contributed by atoms with Crippen LogP contribution in [0.15, 0.2) is 0 Å². The number of ether oxygens (including phenoxy) is 2. The van der Waals surface area contributed by atoms with Crippen LogP contribution in [-0.2, 0) is 14.3 Å². The van der Waals surface area contributed by atoms with Crippen LogP contribution in [-0.4, -0.2) is 60.6 Å². The van der Waals surface area contributed by atoms with Crippen molar-refractivity contribution in [2.24, 2.45) is 0 Å². The van der Waals surface area contributed by atoms with Crippen LogP contribution in [0.3, 0.4) is 0 Å². The van der Waals surface area contributed by atoms with Crippen molar-refractivity contribution in [2.45, 2.75) is 54.6 Å². The molecule has 192 valence electrons. The molecule has 3 nitrogen and oxygen atoms in total. The maximum atomic E-state index is 13.6. The Kier molecular flexibility index (Phi) is 7.38. The second-order valence-electron chi connectivity index (χ2n) is 5.23. The fourth-order valence-electron chi connectivity index (χ4n) is 1.30. The molecule has 0 aromatic carbocycles. The minimum Gasteiger partial charge on any atom is -0.441 e. The summed E-state index contributed by atoms with van der Waals surface area (Å²) in [5, 5.41) is 0. The summed E-state index contributed by atoms with van der Waals surface area (Å²) in [6.07, 6.45) is -43.9. The Morgan fingerprint density at radius 2 is 0.938 bits per heavy atom. The third-order valence-electron chi connectivity index (χ3n) is 2.85. The van der Waals surface area contributed by atoms with E-state index in [0.717, 1.165) is 0 Å². The van der Waals surface area contributed by atoms with Crippen LogP contribution in [0.4, 0.5) is 83.4 Å². The maximum absolute atomic E-state index is 13.6. The van der Waals surface area contributed by atoms with Gasteiger partial charge in [-0.3, -0.25) is 4.74 Å². The number of hydrogen-bond donors (Lipinski definition) is 0. The zero-order chi connectivity index (χ0) is 26.6. The Morgan fingerprint density at radius 1 is 0.562 bits per heavy atom. The predicted octanol–water partition coefficient (Wildman–Crippen LogP) is 5.69.